The highest BCUT2D eigenvalue weighted by Gasteiger charge is 2.16. The third-order valence-corrected chi connectivity index (χ3v) is 2.83. The molecule has 1 aromatic carbocycles. The van der Waals surface area contributed by atoms with Gasteiger partial charge in [-0.1, -0.05) is 19.1 Å². The molecule has 0 fully saturated rings. The fourth-order valence-electron chi connectivity index (χ4n) is 1.33. The zero-order chi connectivity index (χ0) is 12.8. The molecule has 1 aromatic rings. The predicted molar refractivity (Wildman–Crippen MR) is 67.7 cm³/mol. The lowest BCUT2D eigenvalue weighted by molar-refractivity contribution is -0.125. The Kier molecular flexibility index (Phi) is 4.97. The topological polar surface area (TPSA) is 64.3 Å². The molecule has 0 spiro atoms. The van der Waals surface area contributed by atoms with Gasteiger partial charge in [-0.2, -0.15) is 0 Å². The molecular formula is C13H20N2O2. The molecule has 0 aromatic heterocycles. The van der Waals surface area contributed by atoms with Crippen LogP contribution in [-0.2, 0) is 11.3 Å². The fraction of sp³-hybridized carbons (Fsp3) is 0.462. The summed E-state index contributed by atoms with van der Waals surface area (Å²) in [7, 11) is 1.63. The number of ether oxygens (including phenoxy) is 1. The third-order valence-electron chi connectivity index (χ3n) is 2.83. The smallest absolute Gasteiger partial charge is 0.224 e. The summed E-state index contributed by atoms with van der Waals surface area (Å²) >= 11 is 0. The van der Waals surface area contributed by atoms with E-state index in [-0.39, 0.29) is 17.9 Å². The second-order valence-corrected chi connectivity index (χ2v) is 4.21. The Balaban J connectivity index is 2.47. The Labute approximate surface area is 102 Å². The molecule has 0 saturated carbocycles. The molecule has 0 aliphatic carbocycles. The van der Waals surface area contributed by atoms with Crippen molar-refractivity contribution in [1.29, 1.82) is 0 Å². The molecule has 0 bridgehead atoms. The Hall–Kier alpha value is -1.55. The van der Waals surface area contributed by atoms with E-state index >= 15 is 0 Å². The maximum absolute atomic E-state index is 11.7. The molecule has 4 nitrogen and oxygen atoms in total. The number of amides is 1. The summed E-state index contributed by atoms with van der Waals surface area (Å²) in [5, 5.41) is 2.86. The van der Waals surface area contributed by atoms with E-state index in [4.69, 9.17) is 10.5 Å². The quantitative estimate of drug-likeness (QED) is 0.809. The van der Waals surface area contributed by atoms with Crippen molar-refractivity contribution in [2.45, 2.75) is 26.4 Å². The van der Waals surface area contributed by atoms with Crippen molar-refractivity contribution < 1.29 is 9.53 Å². The fourth-order valence-corrected chi connectivity index (χ4v) is 1.33. The molecule has 1 amide bonds. The standard InChI is InChI=1S/C13H20N2O2/c1-9(10(2)14)13(16)15-8-11-4-6-12(17-3)7-5-11/h4-7,9-10H,8,14H2,1-3H3,(H,15,16). The lowest BCUT2D eigenvalue weighted by Gasteiger charge is -2.15. The Morgan fingerprint density at radius 2 is 1.94 bits per heavy atom. The first-order valence-electron chi connectivity index (χ1n) is 5.71. The second kappa shape index (κ2) is 6.25. The largest absolute Gasteiger partial charge is 0.497 e. The highest BCUT2D eigenvalue weighted by molar-refractivity contribution is 5.78. The van der Waals surface area contributed by atoms with E-state index in [1.807, 2.05) is 38.1 Å². The SMILES string of the molecule is COc1ccc(CNC(=O)C(C)C(C)N)cc1. The van der Waals surface area contributed by atoms with E-state index in [2.05, 4.69) is 5.32 Å². The lowest BCUT2D eigenvalue weighted by atomic mass is 10.0. The first kappa shape index (κ1) is 13.5. The first-order chi connectivity index (χ1) is 8.04. The van der Waals surface area contributed by atoms with E-state index in [9.17, 15) is 4.79 Å². The molecule has 0 aliphatic heterocycles. The minimum Gasteiger partial charge on any atom is -0.497 e. The number of carbonyl (C=O) groups is 1. The van der Waals surface area contributed by atoms with Crippen LogP contribution < -0.4 is 15.8 Å². The molecule has 3 N–H and O–H groups in total. The summed E-state index contributed by atoms with van der Waals surface area (Å²) in [5.74, 6) is 0.619. The molecule has 17 heavy (non-hydrogen) atoms. The van der Waals surface area contributed by atoms with E-state index < -0.39 is 0 Å². The van der Waals surface area contributed by atoms with Crippen LogP contribution in [0.5, 0.6) is 5.75 Å². The minimum atomic E-state index is -0.173. The molecular weight excluding hydrogens is 216 g/mol. The van der Waals surface area contributed by atoms with Crippen molar-refractivity contribution in [3.8, 4) is 5.75 Å². The second-order valence-electron chi connectivity index (χ2n) is 4.21. The van der Waals surface area contributed by atoms with Crippen molar-refractivity contribution in [3.05, 3.63) is 29.8 Å². The monoisotopic (exact) mass is 236 g/mol. The Bertz CT molecular complexity index is 360. The van der Waals surface area contributed by atoms with Crippen LogP contribution in [0.15, 0.2) is 24.3 Å². The number of methoxy groups -OCH3 is 1. The third kappa shape index (κ3) is 4.07. The number of carbonyl (C=O) groups excluding carboxylic acids is 1. The van der Waals surface area contributed by atoms with Crippen molar-refractivity contribution >= 4 is 5.91 Å². The molecule has 0 radical (unpaired) electrons. The van der Waals surface area contributed by atoms with Gasteiger partial charge < -0.3 is 15.8 Å². The average molecular weight is 236 g/mol. The van der Waals surface area contributed by atoms with Crippen LogP contribution in [0, 0.1) is 5.92 Å². The van der Waals surface area contributed by atoms with Gasteiger partial charge in [0.2, 0.25) is 5.91 Å². The van der Waals surface area contributed by atoms with Crippen molar-refractivity contribution in [3.63, 3.8) is 0 Å². The van der Waals surface area contributed by atoms with E-state index in [0.717, 1.165) is 11.3 Å². The van der Waals surface area contributed by atoms with Crippen molar-refractivity contribution in [2.24, 2.45) is 11.7 Å². The molecule has 2 atom stereocenters. The van der Waals surface area contributed by atoms with Gasteiger partial charge in [0, 0.05) is 18.5 Å². The van der Waals surface area contributed by atoms with E-state index in [1.165, 1.54) is 0 Å². The molecule has 1 rings (SSSR count). The van der Waals surface area contributed by atoms with Gasteiger partial charge in [-0.05, 0) is 24.6 Å². The summed E-state index contributed by atoms with van der Waals surface area (Å²) in [5.41, 5.74) is 6.70. The number of hydrogen-bond acceptors (Lipinski definition) is 3. The molecule has 0 saturated heterocycles. The molecule has 94 valence electrons. The van der Waals surface area contributed by atoms with Crippen LogP contribution in [0.2, 0.25) is 0 Å². The number of hydrogen-bond donors (Lipinski definition) is 2. The minimum absolute atomic E-state index is 0.0178. The van der Waals surface area contributed by atoms with Gasteiger partial charge in [-0.15, -0.1) is 0 Å². The zero-order valence-corrected chi connectivity index (χ0v) is 10.6. The first-order valence-corrected chi connectivity index (χ1v) is 5.71. The molecule has 0 heterocycles. The maximum Gasteiger partial charge on any atom is 0.224 e. The summed E-state index contributed by atoms with van der Waals surface area (Å²) in [4.78, 5) is 11.7. The van der Waals surface area contributed by atoms with Gasteiger partial charge in [0.1, 0.15) is 5.75 Å². The molecule has 2 unspecified atom stereocenters. The van der Waals surface area contributed by atoms with Crippen molar-refractivity contribution in [2.75, 3.05) is 7.11 Å². The summed E-state index contributed by atoms with van der Waals surface area (Å²) in [6.07, 6.45) is 0. The van der Waals surface area contributed by atoms with Gasteiger partial charge in [0.25, 0.3) is 0 Å². The number of benzene rings is 1. The molecule has 4 heteroatoms. The zero-order valence-electron chi connectivity index (χ0n) is 10.6. The van der Waals surface area contributed by atoms with Crippen LogP contribution in [-0.4, -0.2) is 19.1 Å². The predicted octanol–water partition coefficient (Wildman–Crippen LogP) is 1.29. The normalized spacial score (nSPS) is 13.9. The summed E-state index contributed by atoms with van der Waals surface area (Å²) in [6, 6.07) is 7.46. The van der Waals surface area contributed by atoms with Crippen LogP contribution in [0.25, 0.3) is 0 Å². The maximum atomic E-state index is 11.7. The van der Waals surface area contributed by atoms with E-state index in [1.54, 1.807) is 7.11 Å². The number of rotatable bonds is 5. The lowest BCUT2D eigenvalue weighted by Crippen LogP contribution is -2.38. The Morgan fingerprint density at radius 1 is 1.35 bits per heavy atom. The van der Waals surface area contributed by atoms with Crippen molar-refractivity contribution in [1.82, 2.24) is 5.32 Å². The van der Waals surface area contributed by atoms with Gasteiger partial charge in [-0.25, -0.2) is 0 Å². The summed E-state index contributed by atoms with van der Waals surface area (Å²) < 4.78 is 5.06. The van der Waals surface area contributed by atoms with Gasteiger partial charge >= 0.3 is 0 Å². The highest BCUT2D eigenvalue weighted by Crippen LogP contribution is 2.11. The van der Waals surface area contributed by atoms with Crippen LogP contribution in [0.3, 0.4) is 0 Å². The highest BCUT2D eigenvalue weighted by atomic mass is 16.5. The summed E-state index contributed by atoms with van der Waals surface area (Å²) in [6.45, 7) is 4.17. The van der Waals surface area contributed by atoms with E-state index in [0.29, 0.717) is 6.54 Å². The van der Waals surface area contributed by atoms with Crippen LogP contribution >= 0.6 is 0 Å². The van der Waals surface area contributed by atoms with Crippen LogP contribution in [0.4, 0.5) is 0 Å². The molecule has 0 aliphatic rings. The van der Waals surface area contributed by atoms with Crippen LogP contribution in [0.1, 0.15) is 19.4 Å². The van der Waals surface area contributed by atoms with Gasteiger partial charge in [0.05, 0.1) is 7.11 Å². The average Bonchev–Trinajstić information content (AvgIpc) is 2.35. The number of nitrogens with one attached hydrogen (secondary N) is 1. The van der Waals surface area contributed by atoms with Gasteiger partial charge in [-0.3, -0.25) is 4.79 Å². The van der Waals surface area contributed by atoms with Gasteiger partial charge in [0.15, 0.2) is 0 Å². The number of nitrogens with two attached hydrogens (primary N) is 1. The Morgan fingerprint density at radius 3 is 2.41 bits per heavy atom.